The van der Waals surface area contributed by atoms with Gasteiger partial charge in [0.25, 0.3) is 0 Å². The van der Waals surface area contributed by atoms with Crippen LogP contribution in [0.2, 0.25) is 0 Å². The molecule has 1 aromatic carbocycles. The molecular formula is C13H18N4O2S. The molecule has 0 saturated carbocycles. The first-order chi connectivity index (χ1) is 9.41. The first kappa shape index (κ1) is 14.4. The summed E-state index contributed by atoms with van der Waals surface area (Å²) in [5, 5.41) is 4.27. The van der Waals surface area contributed by atoms with Gasteiger partial charge >= 0.3 is 0 Å². The van der Waals surface area contributed by atoms with Gasteiger partial charge in [0.2, 0.25) is 10.0 Å². The highest BCUT2D eigenvalue weighted by atomic mass is 32.2. The fraction of sp³-hybridized carbons (Fsp3) is 0.308. The van der Waals surface area contributed by atoms with Gasteiger partial charge in [0.1, 0.15) is 5.82 Å². The van der Waals surface area contributed by atoms with Crippen LogP contribution >= 0.6 is 0 Å². The van der Waals surface area contributed by atoms with Crippen molar-refractivity contribution in [2.75, 3.05) is 16.2 Å². The summed E-state index contributed by atoms with van der Waals surface area (Å²) in [5.41, 5.74) is 7.99. The lowest BCUT2D eigenvalue weighted by Gasteiger charge is -2.08. The molecule has 20 heavy (non-hydrogen) atoms. The van der Waals surface area contributed by atoms with Crippen molar-refractivity contribution < 1.29 is 8.42 Å². The maximum Gasteiger partial charge on any atom is 0.232 e. The number of nitrogen functional groups attached to an aromatic ring is 1. The van der Waals surface area contributed by atoms with E-state index in [4.69, 9.17) is 5.73 Å². The van der Waals surface area contributed by atoms with E-state index in [1.807, 2.05) is 13.8 Å². The monoisotopic (exact) mass is 294 g/mol. The fourth-order valence-electron chi connectivity index (χ4n) is 1.90. The number of aromatic nitrogens is 2. The van der Waals surface area contributed by atoms with E-state index in [2.05, 4.69) is 9.82 Å². The Morgan fingerprint density at radius 2 is 1.95 bits per heavy atom. The van der Waals surface area contributed by atoms with E-state index in [-0.39, 0.29) is 5.75 Å². The van der Waals surface area contributed by atoms with Crippen LogP contribution in [0.4, 0.5) is 11.5 Å². The van der Waals surface area contributed by atoms with Crippen LogP contribution < -0.4 is 10.5 Å². The Hall–Kier alpha value is -2.02. The maximum absolute atomic E-state index is 11.7. The van der Waals surface area contributed by atoms with Gasteiger partial charge in [-0.3, -0.25) is 4.72 Å². The Balaban J connectivity index is 2.21. The van der Waals surface area contributed by atoms with Gasteiger partial charge in [0, 0.05) is 11.8 Å². The summed E-state index contributed by atoms with van der Waals surface area (Å²) in [5.74, 6) is 0.655. The highest BCUT2D eigenvalue weighted by Crippen LogP contribution is 2.17. The zero-order chi connectivity index (χ0) is 14.8. The topological polar surface area (TPSA) is 90.0 Å². The Morgan fingerprint density at radius 1 is 1.30 bits per heavy atom. The van der Waals surface area contributed by atoms with Crippen molar-refractivity contribution in [2.24, 2.45) is 0 Å². The largest absolute Gasteiger partial charge is 0.384 e. The first-order valence-electron chi connectivity index (χ1n) is 6.34. The van der Waals surface area contributed by atoms with Crippen LogP contribution in [-0.2, 0) is 10.0 Å². The minimum absolute atomic E-state index is 0.111. The number of anilines is 2. The highest BCUT2D eigenvalue weighted by molar-refractivity contribution is 7.92. The number of hydrogen-bond acceptors (Lipinski definition) is 4. The molecule has 3 N–H and O–H groups in total. The van der Waals surface area contributed by atoms with Crippen LogP contribution in [0.25, 0.3) is 5.69 Å². The molecule has 0 amide bonds. The molecule has 0 aliphatic rings. The fourth-order valence-corrected chi connectivity index (χ4v) is 3.03. The molecule has 0 aliphatic carbocycles. The van der Waals surface area contributed by atoms with Crippen molar-refractivity contribution in [3.05, 3.63) is 36.0 Å². The van der Waals surface area contributed by atoms with Crippen LogP contribution in [0.3, 0.4) is 0 Å². The quantitative estimate of drug-likeness (QED) is 0.881. The van der Waals surface area contributed by atoms with Crippen LogP contribution in [0, 0.1) is 6.92 Å². The first-order valence-corrected chi connectivity index (χ1v) is 7.99. The lowest BCUT2D eigenvalue weighted by atomic mass is 10.3. The number of benzene rings is 1. The molecule has 0 bridgehead atoms. The number of aryl methyl sites for hydroxylation is 1. The summed E-state index contributed by atoms with van der Waals surface area (Å²) < 4.78 is 27.5. The average molecular weight is 294 g/mol. The van der Waals surface area contributed by atoms with Gasteiger partial charge in [-0.1, -0.05) is 6.92 Å². The van der Waals surface area contributed by atoms with E-state index in [0.717, 1.165) is 11.4 Å². The molecule has 0 unspecified atom stereocenters. The van der Waals surface area contributed by atoms with Crippen LogP contribution in [0.5, 0.6) is 0 Å². The van der Waals surface area contributed by atoms with Gasteiger partial charge in [-0.2, -0.15) is 5.10 Å². The minimum Gasteiger partial charge on any atom is -0.384 e. The summed E-state index contributed by atoms with van der Waals surface area (Å²) in [4.78, 5) is 0. The maximum atomic E-state index is 11.7. The van der Waals surface area contributed by atoms with Gasteiger partial charge in [-0.05, 0) is 37.6 Å². The van der Waals surface area contributed by atoms with E-state index >= 15 is 0 Å². The third-order valence-electron chi connectivity index (χ3n) is 2.72. The second kappa shape index (κ2) is 5.54. The molecule has 0 aliphatic heterocycles. The molecular weight excluding hydrogens is 276 g/mol. The molecule has 0 radical (unpaired) electrons. The smallest absolute Gasteiger partial charge is 0.232 e. The Bertz CT molecular complexity index is 690. The number of nitrogens with two attached hydrogens (primary N) is 1. The second-order valence-corrected chi connectivity index (χ2v) is 6.43. The molecule has 0 saturated heterocycles. The van der Waals surface area contributed by atoms with E-state index < -0.39 is 10.0 Å². The molecule has 0 spiro atoms. The third-order valence-corrected chi connectivity index (χ3v) is 4.21. The molecule has 6 nitrogen and oxygen atoms in total. The average Bonchev–Trinajstić information content (AvgIpc) is 2.69. The van der Waals surface area contributed by atoms with E-state index in [0.29, 0.717) is 17.9 Å². The summed E-state index contributed by atoms with van der Waals surface area (Å²) in [6.45, 7) is 3.69. The van der Waals surface area contributed by atoms with Gasteiger partial charge in [0.05, 0.1) is 17.1 Å². The molecule has 0 fully saturated rings. The molecule has 2 aromatic rings. The standard InChI is InChI=1S/C13H18N4O2S/c1-3-8-20(18,19)16-11-4-6-12(7-5-11)17-13(14)9-10(2)15-17/h4-7,9,16H,3,8,14H2,1-2H3. The lowest BCUT2D eigenvalue weighted by Crippen LogP contribution is -2.16. The van der Waals surface area contributed by atoms with Crippen molar-refractivity contribution in [1.82, 2.24) is 9.78 Å². The number of hydrogen-bond donors (Lipinski definition) is 2. The van der Waals surface area contributed by atoms with Gasteiger partial charge in [0.15, 0.2) is 0 Å². The van der Waals surface area contributed by atoms with Gasteiger partial charge < -0.3 is 5.73 Å². The predicted octanol–water partition coefficient (Wildman–Crippen LogP) is 1.91. The summed E-state index contributed by atoms with van der Waals surface area (Å²) in [6, 6.07) is 8.70. The number of rotatable bonds is 5. The van der Waals surface area contributed by atoms with E-state index in [9.17, 15) is 8.42 Å². The minimum atomic E-state index is -3.26. The van der Waals surface area contributed by atoms with Crippen molar-refractivity contribution in [3.63, 3.8) is 0 Å². The lowest BCUT2D eigenvalue weighted by molar-refractivity contribution is 0.600. The van der Waals surface area contributed by atoms with Crippen molar-refractivity contribution in [1.29, 1.82) is 0 Å². The molecule has 1 aromatic heterocycles. The zero-order valence-corrected chi connectivity index (χ0v) is 12.3. The number of nitrogens with one attached hydrogen (secondary N) is 1. The predicted molar refractivity (Wildman–Crippen MR) is 80.4 cm³/mol. The van der Waals surface area contributed by atoms with Crippen LogP contribution in [-0.4, -0.2) is 24.0 Å². The Kier molecular flexibility index (Phi) is 3.99. The van der Waals surface area contributed by atoms with Crippen LogP contribution in [0.15, 0.2) is 30.3 Å². The molecule has 2 rings (SSSR count). The summed E-state index contributed by atoms with van der Waals surface area (Å²) in [6.07, 6.45) is 0.580. The molecule has 0 atom stereocenters. The zero-order valence-electron chi connectivity index (χ0n) is 11.5. The normalized spacial score (nSPS) is 11.5. The van der Waals surface area contributed by atoms with Crippen molar-refractivity contribution in [3.8, 4) is 5.69 Å². The molecule has 1 heterocycles. The van der Waals surface area contributed by atoms with Crippen LogP contribution in [0.1, 0.15) is 19.0 Å². The van der Waals surface area contributed by atoms with E-state index in [1.165, 1.54) is 0 Å². The number of nitrogens with zero attached hydrogens (tertiary/aromatic N) is 2. The SMILES string of the molecule is CCCS(=O)(=O)Nc1ccc(-n2nc(C)cc2N)cc1. The number of sulfonamides is 1. The van der Waals surface area contributed by atoms with Crippen molar-refractivity contribution in [2.45, 2.75) is 20.3 Å². The van der Waals surface area contributed by atoms with Gasteiger partial charge in [-0.15, -0.1) is 0 Å². The Labute approximate surface area is 118 Å². The summed E-state index contributed by atoms with van der Waals surface area (Å²) in [7, 11) is -3.26. The Morgan fingerprint density at radius 3 is 2.45 bits per heavy atom. The molecule has 108 valence electrons. The third kappa shape index (κ3) is 3.30. The van der Waals surface area contributed by atoms with Crippen molar-refractivity contribution >= 4 is 21.5 Å². The highest BCUT2D eigenvalue weighted by Gasteiger charge is 2.09. The molecule has 7 heteroatoms. The van der Waals surface area contributed by atoms with E-state index in [1.54, 1.807) is 35.0 Å². The second-order valence-electron chi connectivity index (χ2n) is 4.59. The summed E-state index contributed by atoms with van der Waals surface area (Å²) >= 11 is 0. The van der Waals surface area contributed by atoms with Gasteiger partial charge in [-0.25, -0.2) is 13.1 Å².